The van der Waals surface area contributed by atoms with Crippen LogP contribution in [0.15, 0.2) is 158 Å². The maximum absolute atomic E-state index is 4.86. The number of hydrogen-bond acceptors (Lipinski definition) is 4. The second-order valence-electron chi connectivity index (χ2n) is 11.5. The topological polar surface area (TPSA) is 51.6 Å². The highest BCUT2D eigenvalue weighted by molar-refractivity contribution is 6.24. The van der Waals surface area contributed by atoms with Gasteiger partial charge in [-0.05, 0) is 72.4 Å². The van der Waals surface area contributed by atoms with E-state index in [1.165, 1.54) is 48.7 Å². The number of nitrogens with zero attached hydrogens (tertiary/aromatic N) is 4. The molecular weight excluding hydrogens is 560 g/mol. The summed E-state index contributed by atoms with van der Waals surface area (Å²) in [6, 6.07) is 53.1. The molecule has 7 aromatic carbocycles. The molecule has 0 saturated carbocycles. The molecule has 0 N–H and O–H groups in total. The lowest BCUT2D eigenvalue weighted by Gasteiger charge is -2.12. The fourth-order valence-corrected chi connectivity index (χ4v) is 6.47. The van der Waals surface area contributed by atoms with E-state index in [2.05, 4.69) is 108 Å². The Morgan fingerprint density at radius 1 is 0.326 bits per heavy atom. The van der Waals surface area contributed by atoms with E-state index in [0.717, 1.165) is 16.7 Å². The minimum Gasteiger partial charge on any atom is -0.253 e. The average Bonchev–Trinajstić information content (AvgIpc) is 3.14. The zero-order chi connectivity index (χ0) is 30.5. The van der Waals surface area contributed by atoms with Gasteiger partial charge < -0.3 is 0 Å². The second-order valence-corrected chi connectivity index (χ2v) is 11.5. The van der Waals surface area contributed by atoms with Crippen LogP contribution in [-0.4, -0.2) is 19.9 Å². The molecule has 46 heavy (non-hydrogen) atoms. The molecule has 4 heteroatoms. The van der Waals surface area contributed by atoms with Gasteiger partial charge >= 0.3 is 0 Å². The third kappa shape index (κ3) is 4.47. The number of hydrogen-bond donors (Lipinski definition) is 0. The Bertz CT molecular complexity index is 2500. The molecule has 214 valence electrons. The Kier molecular flexibility index (Phi) is 6.10. The van der Waals surface area contributed by atoms with Gasteiger partial charge in [0, 0.05) is 17.3 Å². The normalized spacial score (nSPS) is 11.5. The van der Waals surface area contributed by atoms with Gasteiger partial charge in [-0.3, -0.25) is 4.98 Å². The molecule has 0 spiro atoms. The highest BCUT2D eigenvalue weighted by atomic mass is 15.0. The molecule has 0 fully saturated rings. The first kappa shape index (κ1) is 26.2. The first-order valence-electron chi connectivity index (χ1n) is 15.4. The zero-order valence-corrected chi connectivity index (χ0v) is 24.8. The monoisotopic (exact) mass is 586 g/mol. The van der Waals surface area contributed by atoms with Crippen LogP contribution in [0, 0.1) is 0 Å². The van der Waals surface area contributed by atoms with E-state index in [9.17, 15) is 0 Å². The molecule has 2 heterocycles. The van der Waals surface area contributed by atoms with Gasteiger partial charge in [-0.2, -0.15) is 0 Å². The Labute approximate surface area is 265 Å². The standard InChI is InChI=1S/C42H26N4/c1-2-9-30(10-3-1)40-44-41(46-42(45-40)38-12-6-7-25-43-38)31-17-13-27(14-18-31)32-20-22-34-33(26-32)21-24-37-36(34)23-19-29-16-15-28-8-4-5-11-35(28)39(29)37/h1-26H. The molecule has 4 nitrogen and oxygen atoms in total. The lowest BCUT2D eigenvalue weighted by molar-refractivity contribution is 1.06. The summed E-state index contributed by atoms with van der Waals surface area (Å²) < 4.78 is 0. The summed E-state index contributed by atoms with van der Waals surface area (Å²) in [5.41, 5.74) is 4.87. The summed E-state index contributed by atoms with van der Waals surface area (Å²) in [4.78, 5) is 18.9. The van der Waals surface area contributed by atoms with Crippen molar-refractivity contribution in [2.24, 2.45) is 0 Å². The van der Waals surface area contributed by atoms with Gasteiger partial charge in [-0.25, -0.2) is 15.0 Å². The van der Waals surface area contributed by atoms with Crippen molar-refractivity contribution in [1.29, 1.82) is 0 Å². The van der Waals surface area contributed by atoms with Crippen molar-refractivity contribution in [3.63, 3.8) is 0 Å². The Balaban J connectivity index is 1.11. The number of pyridine rings is 1. The smallest absolute Gasteiger partial charge is 0.182 e. The summed E-state index contributed by atoms with van der Waals surface area (Å²) in [5.74, 6) is 1.79. The van der Waals surface area contributed by atoms with E-state index in [0.29, 0.717) is 23.2 Å². The molecule has 2 aromatic heterocycles. The molecule has 0 aliphatic carbocycles. The Morgan fingerprint density at radius 3 is 1.76 bits per heavy atom. The van der Waals surface area contributed by atoms with Crippen LogP contribution in [0.1, 0.15) is 0 Å². The fourth-order valence-electron chi connectivity index (χ4n) is 6.47. The van der Waals surface area contributed by atoms with E-state index in [4.69, 9.17) is 15.0 Å². The minimum absolute atomic E-state index is 0.552. The van der Waals surface area contributed by atoms with E-state index < -0.39 is 0 Å². The van der Waals surface area contributed by atoms with Crippen molar-refractivity contribution in [3.05, 3.63) is 158 Å². The van der Waals surface area contributed by atoms with E-state index in [1.807, 2.05) is 48.5 Å². The SMILES string of the molecule is c1ccc(-c2nc(-c3ccc(-c4ccc5c(ccc6c5ccc5ccc7ccccc7c56)c4)cc3)nc(-c3ccccn3)n2)cc1. The van der Waals surface area contributed by atoms with Crippen LogP contribution < -0.4 is 0 Å². The summed E-state index contributed by atoms with van der Waals surface area (Å²) in [5, 5.41) is 10.2. The maximum atomic E-state index is 4.86. The van der Waals surface area contributed by atoms with E-state index >= 15 is 0 Å². The van der Waals surface area contributed by atoms with Crippen LogP contribution in [0.4, 0.5) is 0 Å². The van der Waals surface area contributed by atoms with Crippen LogP contribution in [0.5, 0.6) is 0 Å². The van der Waals surface area contributed by atoms with Crippen molar-refractivity contribution >= 4 is 43.1 Å². The van der Waals surface area contributed by atoms with Crippen LogP contribution in [0.25, 0.3) is 88.5 Å². The quantitative estimate of drug-likeness (QED) is 0.193. The average molecular weight is 587 g/mol. The van der Waals surface area contributed by atoms with Gasteiger partial charge in [0.2, 0.25) is 0 Å². The fraction of sp³-hybridized carbons (Fsp3) is 0. The van der Waals surface area contributed by atoms with Crippen molar-refractivity contribution in [2.75, 3.05) is 0 Å². The van der Waals surface area contributed by atoms with Crippen molar-refractivity contribution in [3.8, 4) is 45.4 Å². The van der Waals surface area contributed by atoms with E-state index in [1.54, 1.807) is 6.20 Å². The molecule has 0 aliphatic rings. The second kappa shape index (κ2) is 10.7. The number of aromatic nitrogens is 4. The van der Waals surface area contributed by atoms with Gasteiger partial charge in [0.05, 0.1) is 0 Å². The lowest BCUT2D eigenvalue weighted by Crippen LogP contribution is -2.00. The largest absolute Gasteiger partial charge is 0.253 e. The molecule has 0 radical (unpaired) electrons. The first-order chi connectivity index (χ1) is 22.8. The van der Waals surface area contributed by atoms with Gasteiger partial charge in [-0.15, -0.1) is 0 Å². The van der Waals surface area contributed by atoms with Crippen molar-refractivity contribution in [1.82, 2.24) is 19.9 Å². The number of benzene rings is 7. The molecule has 0 bridgehead atoms. The van der Waals surface area contributed by atoms with Gasteiger partial charge in [0.25, 0.3) is 0 Å². The molecular formula is C42H26N4. The summed E-state index contributed by atoms with van der Waals surface area (Å²) in [7, 11) is 0. The molecule has 0 unspecified atom stereocenters. The Hall–Kier alpha value is -6.26. The number of fused-ring (bicyclic) bond motifs is 7. The molecule has 9 rings (SSSR count). The molecule has 0 aliphatic heterocycles. The highest BCUT2D eigenvalue weighted by Crippen LogP contribution is 2.37. The third-order valence-corrected chi connectivity index (χ3v) is 8.76. The highest BCUT2D eigenvalue weighted by Gasteiger charge is 2.14. The maximum Gasteiger partial charge on any atom is 0.182 e. The predicted molar refractivity (Wildman–Crippen MR) is 189 cm³/mol. The molecule has 0 saturated heterocycles. The van der Waals surface area contributed by atoms with Crippen LogP contribution >= 0.6 is 0 Å². The van der Waals surface area contributed by atoms with Crippen LogP contribution in [-0.2, 0) is 0 Å². The molecule has 0 amide bonds. The first-order valence-corrected chi connectivity index (χ1v) is 15.4. The Morgan fingerprint density at radius 2 is 0.935 bits per heavy atom. The summed E-state index contributed by atoms with van der Waals surface area (Å²) in [6.45, 7) is 0. The summed E-state index contributed by atoms with van der Waals surface area (Å²) >= 11 is 0. The van der Waals surface area contributed by atoms with Gasteiger partial charge in [-0.1, -0.05) is 133 Å². The third-order valence-electron chi connectivity index (χ3n) is 8.76. The number of rotatable bonds is 4. The van der Waals surface area contributed by atoms with E-state index in [-0.39, 0.29) is 0 Å². The van der Waals surface area contributed by atoms with Crippen LogP contribution in [0.2, 0.25) is 0 Å². The van der Waals surface area contributed by atoms with Gasteiger partial charge in [0.1, 0.15) is 5.69 Å². The zero-order valence-electron chi connectivity index (χ0n) is 24.8. The van der Waals surface area contributed by atoms with Crippen molar-refractivity contribution in [2.45, 2.75) is 0 Å². The predicted octanol–water partition coefficient (Wildman–Crippen LogP) is 10.5. The molecule has 0 atom stereocenters. The lowest BCUT2D eigenvalue weighted by atomic mass is 9.92. The molecule has 9 aromatic rings. The van der Waals surface area contributed by atoms with Crippen molar-refractivity contribution < 1.29 is 0 Å². The van der Waals surface area contributed by atoms with Gasteiger partial charge in [0.15, 0.2) is 17.5 Å². The summed E-state index contributed by atoms with van der Waals surface area (Å²) in [6.07, 6.45) is 1.76. The minimum atomic E-state index is 0.552. The van der Waals surface area contributed by atoms with Crippen LogP contribution in [0.3, 0.4) is 0 Å².